The summed E-state index contributed by atoms with van der Waals surface area (Å²) in [7, 11) is 0. The second kappa shape index (κ2) is 5.60. The molecule has 5 nitrogen and oxygen atoms in total. The highest BCUT2D eigenvalue weighted by Gasteiger charge is 2.16. The molecule has 1 aromatic carbocycles. The van der Waals surface area contributed by atoms with Crippen molar-refractivity contribution in [3.63, 3.8) is 0 Å². The van der Waals surface area contributed by atoms with Crippen LogP contribution >= 0.6 is 22.7 Å². The maximum Gasteiger partial charge on any atom is 0.275 e. The number of carbonyl (C=O) groups excluding carboxylic acids is 1. The van der Waals surface area contributed by atoms with Crippen LogP contribution in [0.4, 0.5) is 5.13 Å². The summed E-state index contributed by atoms with van der Waals surface area (Å²) < 4.78 is 1.82. The van der Waals surface area contributed by atoms with Gasteiger partial charge < -0.3 is 0 Å². The molecule has 114 valence electrons. The zero-order valence-corrected chi connectivity index (χ0v) is 13.8. The van der Waals surface area contributed by atoms with E-state index in [1.54, 1.807) is 0 Å². The van der Waals surface area contributed by atoms with Crippen LogP contribution in [0.25, 0.3) is 16.2 Å². The van der Waals surface area contributed by atoms with E-state index in [1.807, 2.05) is 58.6 Å². The molecule has 0 radical (unpaired) electrons. The van der Waals surface area contributed by atoms with Crippen molar-refractivity contribution in [3.8, 4) is 11.3 Å². The fourth-order valence-corrected chi connectivity index (χ4v) is 3.80. The highest BCUT2D eigenvalue weighted by molar-refractivity contribution is 7.15. The summed E-state index contributed by atoms with van der Waals surface area (Å²) in [5, 5.41) is 7.16. The standard InChI is InChI=1S/C16H12N4OS2/c1-10-8-22-15(17-10)19-14(21)13-9-23-16-18-12(7-20(13)16)11-5-3-2-4-6-11/h2-9H,1H3,(H,17,19,21). The van der Waals surface area contributed by atoms with E-state index in [0.717, 1.165) is 21.9 Å². The van der Waals surface area contributed by atoms with Crippen molar-refractivity contribution in [2.75, 3.05) is 5.32 Å². The van der Waals surface area contributed by atoms with E-state index in [4.69, 9.17) is 0 Å². The molecule has 0 aliphatic rings. The minimum atomic E-state index is -0.178. The lowest BCUT2D eigenvalue weighted by molar-refractivity contribution is 0.102. The molecule has 0 spiro atoms. The average Bonchev–Trinajstić information content (AvgIpc) is 3.23. The predicted molar refractivity (Wildman–Crippen MR) is 93.3 cm³/mol. The number of nitrogens with one attached hydrogen (secondary N) is 1. The van der Waals surface area contributed by atoms with Crippen LogP contribution in [-0.2, 0) is 0 Å². The van der Waals surface area contributed by atoms with Gasteiger partial charge in [-0.15, -0.1) is 22.7 Å². The Labute approximate surface area is 140 Å². The number of anilines is 1. The molecule has 4 aromatic rings. The summed E-state index contributed by atoms with van der Waals surface area (Å²) in [5.41, 5.74) is 3.35. The van der Waals surface area contributed by atoms with Crippen LogP contribution in [0, 0.1) is 6.92 Å². The number of carbonyl (C=O) groups is 1. The maximum absolute atomic E-state index is 12.5. The lowest BCUT2D eigenvalue weighted by atomic mass is 10.2. The Balaban J connectivity index is 1.68. The Bertz CT molecular complexity index is 984. The molecular formula is C16H12N4OS2. The van der Waals surface area contributed by atoms with E-state index in [0.29, 0.717) is 10.8 Å². The Morgan fingerprint density at radius 3 is 2.70 bits per heavy atom. The fraction of sp³-hybridized carbons (Fsp3) is 0.0625. The van der Waals surface area contributed by atoms with Crippen LogP contribution in [0.15, 0.2) is 47.3 Å². The molecule has 0 saturated carbocycles. The molecule has 0 aliphatic carbocycles. The van der Waals surface area contributed by atoms with Crippen LogP contribution in [0.3, 0.4) is 0 Å². The van der Waals surface area contributed by atoms with Gasteiger partial charge in [-0.25, -0.2) is 9.97 Å². The largest absolute Gasteiger partial charge is 0.297 e. The molecule has 0 unspecified atom stereocenters. The van der Waals surface area contributed by atoms with Crippen LogP contribution in [-0.4, -0.2) is 20.3 Å². The number of imidazole rings is 1. The normalized spacial score (nSPS) is 11.0. The topological polar surface area (TPSA) is 59.3 Å². The van der Waals surface area contributed by atoms with Crippen LogP contribution in [0.1, 0.15) is 16.2 Å². The summed E-state index contributed by atoms with van der Waals surface area (Å²) in [6.45, 7) is 1.90. The number of aromatic nitrogens is 3. The van der Waals surface area contributed by atoms with Crippen molar-refractivity contribution < 1.29 is 4.79 Å². The van der Waals surface area contributed by atoms with Gasteiger partial charge in [0, 0.05) is 22.5 Å². The van der Waals surface area contributed by atoms with Crippen molar-refractivity contribution in [1.29, 1.82) is 0 Å². The summed E-state index contributed by atoms with van der Waals surface area (Å²) >= 11 is 2.87. The lowest BCUT2D eigenvalue weighted by Gasteiger charge is -2.00. The van der Waals surface area contributed by atoms with Crippen molar-refractivity contribution in [2.24, 2.45) is 0 Å². The summed E-state index contributed by atoms with van der Waals surface area (Å²) in [6, 6.07) is 9.92. The van der Waals surface area contributed by atoms with E-state index < -0.39 is 0 Å². The van der Waals surface area contributed by atoms with E-state index >= 15 is 0 Å². The second-order valence-corrected chi connectivity index (χ2v) is 6.71. The minimum Gasteiger partial charge on any atom is -0.297 e. The van der Waals surface area contributed by atoms with Gasteiger partial charge in [-0.2, -0.15) is 0 Å². The third kappa shape index (κ3) is 2.64. The fourth-order valence-electron chi connectivity index (χ4n) is 2.27. The van der Waals surface area contributed by atoms with E-state index in [2.05, 4.69) is 15.3 Å². The van der Waals surface area contributed by atoms with Gasteiger partial charge >= 0.3 is 0 Å². The first-order valence-electron chi connectivity index (χ1n) is 6.96. The number of hydrogen-bond acceptors (Lipinski definition) is 5. The van der Waals surface area contributed by atoms with Gasteiger partial charge in [0.05, 0.1) is 11.4 Å². The lowest BCUT2D eigenvalue weighted by Crippen LogP contribution is -2.13. The van der Waals surface area contributed by atoms with E-state index in [1.165, 1.54) is 22.7 Å². The van der Waals surface area contributed by atoms with Gasteiger partial charge in [0.2, 0.25) is 0 Å². The highest BCUT2D eigenvalue weighted by Crippen LogP contribution is 2.24. The Kier molecular flexibility index (Phi) is 3.44. The number of amides is 1. The van der Waals surface area contributed by atoms with Gasteiger partial charge in [0.25, 0.3) is 5.91 Å². The van der Waals surface area contributed by atoms with Gasteiger partial charge in [-0.3, -0.25) is 14.5 Å². The maximum atomic E-state index is 12.5. The third-order valence-electron chi connectivity index (χ3n) is 3.35. The Morgan fingerprint density at radius 2 is 1.96 bits per heavy atom. The third-order valence-corrected chi connectivity index (χ3v) is 5.07. The van der Waals surface area contributed by atoms with Gasteiger partial charge in [0.15, 0.2) is 10.1 Å². The number of nitrogens with zero attached hydrogens (tertiary/aromatic N) is 3. The number of thiazole rings is 2. The molecule has 3 aromatic heterocycles. The molecule has 0 saturated heterocycles. The second-order valence-electron chi connectivity index (χ2n) is 5.01. The number of fused-ring (bicyclic) bond motifs is 1. The number of hydrogen-bond donors (Lipinski definition) is 1. The van der Waals surface area contributed by atoms with Gasteiger partial charge in [-0.05, 0) is 6.92 Å². The van der Waals surface area contributed by atoms with Crippen LogP contribution in [0.2, 0.25) is 0 Å². The smallest absolute Gasteiger partial charge is 0.275 e. The monoisotopic (exact) mass is 340 g/mol. The molecule has 3 heterocycles. The van der Waals surface area contributed by atoms with Gasteiger partial charge in [-0.1, -0.05) is 30.3 Å². The molecule has 0 atom stereocenters. The first kappa shape index (κ1) is 14.1. The summed E-state index contributed by atoms with van der Waals surface area (Å²) in [6.07, 6.45) is 1.89. The number of benzene rings is 1. The average molecular weight is 340 g/mol. The molecule has 1 N–H and O–H groups in total. The van der Waals surface area contributed by atoms with Crippen LogP contribution < -0.4 is 5.32 Å². The summed E-state index contributed by atoms with van der Waals surface area (Å²) in [5.74, 6) is -0.178. The molecule has 1 amide bonds. The quantitative estimate of drug-likeness (QED) is 0.611. The first-order chi connectivity index (χ1) is 11.2. The zero-order chi connectivity index (χ0) is 15.8. The highest BCUT2D eigenvalue weighted by atomic mass is 32.1. The minimum absolute atomic E-state index is 0.178. The van der Waals surface area contributed by atoms with Crippen molar-refractivity contribution in [3.05, 3.63) is 58.7 Å². The summed E-state index contributed by atoms with van der Waals surface area (Å²) in [4.78, 5) is 22.1. The molecule has 0 aliphatic heterocycles. The van der Waals surface area contributed by atoms with E-state index in [-0.39, 0.29) is 5.91 Å². The zero-order valence-electron chi connectivity index (χ0n) is 12.2. The predicted octanol–water partition coefficient (Wildman–Crippen LogP) is 4.08. The number of aryl methyl sites for hydroxylation is 1. The Hall–Kier alpha value is -2.51. The molecule has 7 heteroatoms. The van der Waals surface area contributed by atoms with Crippen LogP contribution in [0.5, 0.6) is 0 Å². The SMILES string of the molecule is Cc1csc(NC(=O)c2csc3nc(-c4ccccc4)cn23)n1. The Morgan fingerprint density at radius 1 is 1.13 bits per heavy atom. The van der Waals surface area contributed by atoms with Crippen molar-refractivity contribution >= 4 is 38.7 Å². The first-order valence-corrected chi connectivity index (χ1v) is 8.72. The van der Waals surface area contributed by atoms with Crippen molar-refractivity contribution in [2.45, 2.75) is 6.92 Å². The molecule has 4 rings (SSSR count). The molecule has 23 heavy (non-hydrogen) atoms. The van der Waals surface area contributed by atoms with E-state index in [9.17, 15) is 4.79 Å². The van der Waals surface area contributed by atoms with Gasteiger partial charge in [0.1, 0.15) is 5.69 Å². The molecule has 0 bridgehead atoms. The molecule has 0 fully saturated rings. The number of rotatable bonds is 3. The van der Waals surface area contributed by atoms with Crippen molar-refractivity contribution in [1.82, 2.24) is 14.4 Å². The molecular weight excluding hydrogens is 328 g/mol.